The van der Waals surface area contributed by atoms with Crippen molar-refractivity contribution in [2.75, 3.05) is 40.4 Å². The first kappa shape index (κ1) is 18.9. The lowest BCUT2D eigenvalue weighted by molar-refractivity contribution is -0.161. The van der Waals surface area contributed by atoms with Crippen molar-refractivity contribution in [3.05, 3.63) is 35.4 Å². The van der Waals surface area contributed by atoms with Gasteiger partial charge in [0, 0.05) is 33.7 Å². The fraction of sp³-hybridized carbons (Fsp3) is 0.632. The van der Waals surface area contributed by atoms with E-state index in [1.807, 2.05) is 0 Å². The third-order valence-electron chi connectivity index (χ3n) is 4.11. The summed E-state index contributed by atoms with van der Waals surface area (Å²) in [4.78, 5) is 15.5. The Morgan fingerprint density at radius 2 is 2.00 bits per heavy atom. The largest absolute Gasteiger partial charge is 0.369 e. The monoisotopic (exact) mass is 334 g/mol. The molecule has 0 aliphatic carbocycles. The minimum absolute atomic E-state index is 0.0193. The lowest BCUT2D eigenvalue weighted by atomic mass is 10.0. The van der Waals surface area contributed by atoms with Crippen molar-refractivity contribution in [1.29, 1.82) is 0 Å². The number of rotatable bonds is 6. The third kappa shape index (κ3) is 5.89. The van der Waals surface area contributed by atoms with Crippen LogP contribution in [0.3, 0.4) is 0 Å². The molecule has 134 valence electrons. The van der Waals surface area contributed by atoms with Gasteiger partial charge in [0.25, 0.3) is 0 Å². The lowest BCUT2D eigenvalue weighted by Gasteiger charge is -2.42. The molecule has 5 nitrogen and oxygen atoms in total. The summed E-state index contributed by atoms with van der Waals surface area (Å²) in [5.41, 5.74) is 2.36. The summed E-state index contributed by atoms with van der Waals surface area (Å²) < 4.78 is 11.7. The summed E-state index contributed by atoms with van der Waals surface area (Å²) in [7, 11) is 3.46. The highest BCUT2D eigenvalue weighted by Gasteiger charge is 2.33. The van der Waals surface area contributed by atoms with E-state index < -0.39 is 0 Å². The van der Waals surface area contributed by atoms with Crippen LogP contribution in [-0.4, -0.2) is 67.8 Å². The number of carbonyl (C=O) groups excluding carboxylic acids is 1. The Hall–Kier alpha value is -1.43. The van der Waals surface area contributed by atoms with E-state index in [0.29, 0.717) is 6.61 Å². The first-order chi connectivity index (χ1) is 11.2. The van der Waals surface area contributed by atoms with Crippen molar-refractivity contribution in [2.45, 2.75) is 39.0 Å². The van der Waals surface area contributed by atoms with Crippen LogP contribution >= 0.6 is 0 Å². The highest BCUT2D eigenvalue weighted by atomic mass is 16.5. The predicted octanol–water partition coefficient (Wildman–Crippen LogP) is 2.08. The van der Waals surface area contributed by atoms with Crippen LogP contribution in [-0.2, 0) is 20.8 Å². The standard InChI is InChI=1S/C19H30N2O3/c1-15-6-8-16(9-7-15)10-21-11-17(24-19(2,3)14-21)12-23-13-18(22)20(4)5/h6-9,17H,10-14H2,1-5H3/t17-/m1/s1. The van der Waals surface area contributed by atoms with Gasteiger partial charge in [0.1, 0.15) is 6.61 Å². The van der Waals surface area contributed by atoms with Crippen LogP contribution in [0.4, 0.5) is 0 Å². The molecule has 2 rings (SSSR count). The van der Waals surface area contributed by atoms with E-state index in [1.54, 1.807) is 14.1 Å². The predicted molar refractivity (Wildman–Crippen MR) is 94.9 cm³/mol. The van der Waals surface area contributed by atoms with Gasteiger partial charge in [-0.05, 0) is 26.3 Å². The van der Waals surface area contributed by atoms with Crippen molar-refractivity contribution in [3.63, 3.8) is 0 Å². The molecule has 1 saturated heterocycles. The molecular formula is C19H30N2O3. The van der Waals surface area contributed by atoms with Crippen molar-refractivity contribution in [3.8, 4) is 0 Å². The zero-order valence-electron chi connectivity index (χ0n) is 15.5. The number of carbonyl (C=O) groups is 1. The number of morpholine rings is 1. The fourth-order valence-corrected chi connectivity index (χ4v) is 2.98. The van der Waals surface area contributed by atoms with Crippen LogP contribution in [0.15, 0.2) is 24.3 Å². The fourth-order valence-electron chi connectivity index (χ4n) is 2.98. The summed E-state index contributed by atoms with van der Waals surface area (Å²) in [5, 5.41) is 0. The van der Waals surface area contributed by atoms with Gasteiger partial charge in [-0.1, -0.05) is 29.8 Å². The maximum Gasteiger partial charge on any atom is 0.248 e. The molecule has 1 aromatic carbocycles. The number of amides is 1. The average Bonchev–Trinajstić information content (AvgIpc) is 2.48. The van der Waals surface area contributed by atoms with Gasteiger partial charge in [0.2, 0.25) is 5.91 Å². The molecule has 24 heavy (non-hydrogen) atoms. The summed E-state index contributed by atoms with van der Waals surface area (Å²) in [6, 6.07) is 8.65. The number of nitrogens with zero attached hydrogens (tertiary/aromatic N) is 2. The van der Waals surface area contributed by atoms with Gasteiger partial charge < -0.3 is 14.4 Å². The zero-order valence-corrected chi connectivity index (χ0v) is 15.5. The molecule has 0 radical (unpaired) electrons. The van der Waals surface area contributed by atoms with Gasteiger partial charge in [-0.3, -0.25) is 9.69 Å². The van der Waals surface area contributed by atoms with E-state index in [4.69, 9.17) is 9.47 Å². The molecule has 0 N–H and O–H groups in total. The van der Waals surface area contributed by atoms with Gasteiger partial charge in [0.15, 0.2) is 0 Å². The van der Waals surface area contributed by atoms with E-state index in [9.17, 15) is 4.79 Å². The van der Waals surface area contributed by atoms with E-state index in [1.165, 1.54) is 16.0 Å². The van der Waals surface area contributed by atoms with Crippen molar-refractivity contribution in [1.82, 2.24) is 9.80 Å². The molecule has 0 aromatic heterocycles. The summed E-state index contributed by atoms with van der Waals surface area (Å²) in [5.74, 6) is -0.0263. The van der Waals surface area contributed by atoms with Gasteiger partial charge in [-0.2, -0.15) is 0 Å². The molecule has 1 aromatic rings. The van der Waals surface area contributed by atoms with E-state index in [0.717, 1.165) is 19.6 Å². The Balaban J connectivity index is 1.89. The maximum atomic E-state index is 11.6. The van der Waals surface area contributed by atoms with Gasteiger partial charge in [-0.15, -0.1) is 0 Å². The van der Waals surface area contributed by atoms with Gasteiger partial charge in [0.05, 0.1) is 18.3 Å². The normalized spacial score (nSPS) is 20.8. The summed E-state index contributed by atoms with van der Waals surface area (Å²) in [6.45, 7) is 9.45. The van der Waals surface area contributed by atoms with E-state index in [2.05, 4.69) is 49.9 Å². The zero-order chi connectivity index (χ0) is 17.7. The van der Waals surface area contributed by atoms with Crippen LogP contribution in [0.5, 0.6) is 0 Å². The van der Waals surface area contributed by atoms with Crippen LogP contribution in [0.25, 0.3) is 0 Å². The molecule has 5 heteroatoms. The first-order valence-corrected chi connectivity index (χ1v) is 8.49. The molecule has 0 saturated carbocycles. The minimum Gasteiger partial charge on any atom is -0.369 e. The second kappa shape index (κ2) is 8.10. The smallest absolute Gasteiger partial charge is 0.248 e. The Kier molecular flexibility index (Phi) is 6.38. The van der Waals surface area contributed by atoms with Gasteiger partial charge >= 0.3 is 0 Å². The lowest BCUT2D eigenvalue weighted by Crippen LogP contribution is -2.53. The second-order valence-electron chi connectivity index (χ2n) is 7.46. The Morgan fingerprint density at radius 3 is 2.62 bits per heavy atom. The average molecular weight is 334 g/mol. The molecule has 0 spiro atoms. The number of aryl methyl sites for hydroxylation is 1. The number of hydrogen-bond donors (Lipinski definition) is 0. The highest BCUT2D eigenvalue weighted by Crippen LogP contribution is 2.23. The molecular weight excluding hydrogens is 304 g/mol. The molecule has 1 atom stereocenters. The maximum absolute atomic E-state index is 11.6. The van der Waals surface area contributed by atoms with Crippen molar-refractivity contribution in [2.24, 2.45) is 0 Å². The van der Waals surface area contributed by atoms with Gasteiger partial charge in [-0.25, -0.2) is 0 Å². The third-order valence-corrected chi connectivity index (χ3v) is 4.11. The van der Waals surface area contributed by atoms with Crippen molar-refractivity contribution < 1.29 is 14.3 Å². The van der Waals surface area contributed by atoms with Crippen LogP contribution in [0, 0.1) is 6.92 Å². The molecule has 1 heterocycles. The summed E-state index contributed by atoms with van der Waals surface area (Å²) in [6.07, 6.45) is -0.0193. The van der Waals surface area contributed by atoms with E-state index in [-0.39, 0.29) is 24.2 Å². The molecule has 1 fully saturated rings. The Bertz CT molecular complexity index is 540. The second-order valence-corrected chi connectivity index (χ2v) is 7.46. The molecule has 1 aliphatic heterocycles. The number of likely N-dealkylation sites (N-methyl/N-ethyl adjacent to an activating group) is 1. The highest BCUT2D eigenvalue weighted by molar-refractivity contribution is 5.76. The minimum atomic E-state index is -0.220. The van der Waals surface area contributed by atoms with Crippen LogP contribution < -0.4 is 0 Å². The van der Waals surface area contributed by atoms with Crippen molar-refractivity contribution >= 4 is 5.91 Å². The number of hydrogen-bond acceptors (Lipinski definition) is 4. The molecule has 1 amide bonds. The van der Waals surface area contributed by atoms with Crippen LogP contribution in [0.2, 0.25) is 0 Å². The topological polar surface area (TPSA) is 42.0 Å². The Labute approximate surface area is 145 Å². The Morgan fingerprint density at radius 1 is 1.33 bits per heavy atom. The van der Waals surface area contributed by atoms with E-state index >= 15 is 0 Å². The molecule has 0 bridgehead atoms. The molecule has 1 aliphatic rings. The number of benzene rings is 1. The summed E-state index contributed by atoms with van der Waals surface area (Å²) >= 11 is 0. The van der Waals surface area contributed by atoms with Crippen LogP contribution in [0.1, 0.15) is 25.0 Å². The quantitative estimate of drug-likeness (QED) is 0.799. The SMILES string of the molecule is Cc1ccc(CN2C[C@H](COCC(=O)N(C)C)OC(C)(C)C2)cc1. The first-order valence-electron chi connectivity index (χ1n) is 8.49. The molecule has 0 unspecified atom stereocenters. The number of ether oxygens (including phenoxy) is 2.